The van der Waals surface area contributed by atoms with Gasteiger partial charge in [0.2, 0.25) is 0 Å². The van der Waals surface area contributed by atoms with Gasteiger partial charge in [0.15, 0.2) is 0 Å². The summed E-state index contributed by atoms with van der Waals surface area (Å²) < 4.78 is 5.97. The van der Waals surface area contributed by atoms with E-state index in [4.69, 9.17) is 16.3 Å². The highest BCUT2D eigenvalue weighted by Gasteiger charge is 2.06. The lowest BCUT2D eigenvalue weighted by atomic mass is 10.0. The van der Waals surface area contributed by atoms with Gasteiger partial charge in [0, 0.05) is 11.4 Å². The summed E-state index contributed by atoms with van der Waals surface area (Å²) in [6.45, 7) is 4.30. The van der Waals surface area contributed by atoms with Crippen LogP contribution in [0.5, 0.6) is 5.75 Å². The number of hydrogen-bond acceptors (Lipinski definition) is 2. The van der Waals surface area contributed by atoms with E-state index in [1.54, 1.807) is 0 Å². The number of unbranched alkanes of at least 4 members (excludes halogenated alkanes) is 1. The van der Waals surface area contributed by atoms with E-state index < -0.39 is 0 Å². The van der Waals surface area contributed by atoms with Crippen LogP contribution < -0.4 is 10.1 Å². The highest BCUT2D eigenvalue weighted by molar-refractivity contribution is 6.30. The largest absolute Gasteiger partial charge is 0.493 e. The van der Waals surface area contributed by atoms with Gasteiger partial charge in [-0.05, 0) is 49.1 Å². The molecule has 4 heteroatoms. The highest BCUT2D eigenvalue weighted by atomic mass is 35.5. The van der Waals surface area contributed by atoms with E-state index in [1.807, 2.05) is 43.3 Å². The number of rotatable bonds is 10. The van der Waals surface area contributed by atoms with Crippen molar-refractivity contribution in [2.45, 2.75) is 32.3 Å². The van der Waals surface area contributed by atoms with Gasteiger partial charge in [0.1, 0.15) is 12.3 Å². The molecule has 0 spiro atoms. The summed E-state index contributed by atoms with van der Waals surface area (Å²) in [5.41, 5.74) is 2.37. The molecule has 0 aliphatic rings. The first-order chi connectivity index (χ1) is 11.6. The molecule has 24 heavy (non-hydrogen) atoms. The highest BCUT2D eigenvalue weighted by Crippen LogP contribution is 2.25. The molecule has 0 aromatic heterocycles. The fourth-order valence-electron chi connectivity index (χ4n) is 2.57. The molecule has 0 saturated carbocycles. The predicted molar refractivity (Wildman–Crippen MR) is 98.8 cm³/mol. The van der Waals surface area contributed by atoms with Gasteiger partial charge >= 0.3 is 0 Å². The zero-order valence-corrected chi connectivity index (χ0v) is 15.0. The molecule has 3 N–H and O–H groups in total. The maximum absolute atomic E-state index is 9.21. The summed E-state index contributed by atoms with van der Waals surface area (Å²) >= 11 is 6.15. The van der Waals surface area contributed by atoms with Crippen LogP contribution in [-0.4, -0.2) is 30.9 Å². The summed E-state index contributed by atoms with van der Waals surface area (Å²) in [7, 11) is 0. The number of nitrogens with two attached hydrogens (primary N) is 1. The van der Waals surface area contributed by atoms with Crippen molar-refractivity contribution in [3.05, 3.63) is 64.7 Å². The van der Waals surface area contributed by atoms with Gasteiger partial charge in [-0.25, -0.2) is 0 Å². The van der Waals surface area contributed by atoms with Crippen LogP contribution in [0.3, 0.4) is 0 Å². The van der Waals surface area contributed by atoms with Crippen LogP contribution in [0.2, 0.25) is 5.02 Å². The number of aliphatic hydroxyl groups excluding tert-OH is 1. The molecule has 0 aliphatic heterocycles. The molecule has 0 fully saturated rings. The molecule has 0 unspecified atom stereocenters. The Morgan fingerprint density at radius 3 is 2.67 bits per heavy atom. The average Bonchev–Trinajstić information content (AvgIpc) is 2.56. The second kappa shape index (κ2) is 10.3. The molecule has 0 bridgehead atoms. The minimum absolute atomic E-state index is 0.240. The van der Waals surface area contributed by atoms with Gasteiger partial charge in [-0.3, -0.25) is 0 Å². The topological polar surface area (TPSA) is 46.1 Å². The Bertz CT molecular complexity index is 602. The van der Waals surface area contributed by atoms with Crippen molar-refractivity contribution >= 4 is 11.6 Å². The fraction of sp³-hybridized carbons (Fsp3) is 0.400. The Balaban J connectivity index is 1.82. The molecular formula is C20H27ClNO2+. The standard InChI is InChI=1S/C20H26ClNO2/c1-16(23)15-22-11-5-6-12-24-20-10-9-19(21)14-18(20)13-17-7-3-2-4-8-17/h2-4,7-10,14,16,22-23H,5-6,11-13,15H2,1H3/p+1/t16-/m1/s1. The third-order valence-electron chi connectivity index (χ3n) is 3.83. The lowest BCUT2D eigenvalue weighted by molar-refractivity contribution is -0.660. The van der Waals surface area contributed by atoms with Crippen LogP contribution in [0.15, 0.2) is 48.5 Å². The predicted octanol–water partition coefficient (Wildman–Crippen LogP) is 3.03. The second-order valence-electron chi connectivity index (χ2n) is 6.13. The van der Waals surface area contributed by atoms with Crippen LogP contribution in [0.1, 0.15) is 30.9 Å². The summed E-state index contributed by atoms with van der Waals surface area (Å²) in [4.78, 5) is 0. The molecule has 2 aromatic rings. The van der Waals surface area contributed by atoms with Gasteiger partial charge in [-0.2, -0.15) is 0 Å². The van der Waals surface area contributed by atoms with Gasteiger partial charge in [-0.1, -0.05) is 41.9 Å². The lowest BCUT2D eigenvalue weighted by Gasteiger charge is -2.12. The zero-order chi connectivity index (χ0) is 17.2. The smallest absolute Gasteiger partial charge is 0.122 e. The maximum atomic E-state index is 9.21. The fourth-order valence-corrected chi connectivity index (χ4v) is 2.77. The Morgan fingerprint density at radius 1 is 1.12 bits per heavy atom. The number of hydrogen-bond donors (Lipinski definition) is 2. The second-order valence-corrected chi connectivity index (χ2v) is 6.57. The van der Waals surface area contributed by atoms with Crippen LogP contribution in [0.25, 0.3) is 0 Å². The zero-order valence-electron chi connectivity index (χ0n) is 14.2. The Hall–Kier alpha value is -1.55. The lowest BCUT2D eigenvalue weighted by Crippen LogP contribution is -2.86. The molecule has 2 aromatic carbocycles. The van der Waals surface area contributed by atoms with Crippen LogP contribution in [-0.2, 0) is 6.42 Å². The third-order valence-corrected chi connectivity index (χ3v) is 4.06. The minimum Gasteiger partial charge on any atom is -0.493 e. The molecule has 0 radical (unpaired) electrons. The van der Waals surface area contributed by atoms with E-state index in [0.29, 0.717) is 6.61 Å². The molecule has 2 rings (SSSR count). The van der Waals surface area contributed by atoms with Gasteiger partial charge < -0.3 is 15.2 Å². The van der Waals surface area contributed by atoms with Crippen LogP contribution in [0, 0.1) is 0 Å². The van der Waals surface area contributed by atoms with Crippen LogP contribution >= 0.6 is 11.6 Å². The van der Waals surface area contributed by atoms with Crippen molar-refractivity contribution in [1.29, 1.82) is 0 Å². The Morgan fingerprint density at radius 2 is 1.92 bits per heavy atom. The SMILES string of the molecule is C[C@@H](O)C[NH2+]CCCCOc1ccc(Cl)cc1Cc1ccccc1. The van der Waals surface area contributed by atoms with E-state index in [2.05, 4.69) is 17.4 Å². The molecule has 1 atom stereocenters. The Kier molecular flexibility index (Phi) is 8.10. The van der Waals surface area contributed by atoms with Crippen LogP contribution in [0.4, 0.5) is 0 Å². The molecule has 0 amide bonds. The van der Waals surface area contributed by atoms with E-state index in [-0.39, 0.29) is 6.10 Å². The molecule has 130 valence electrons. The van der Waals surface area contributed by atoms with Crippen molar-refractivity contribution in [3.8, 4) is 5.75 Å². The number of halogens is 1. The monoisotopic (exact) mass is 348 g/mol. The molecular weight excluding hydrogens is 322 g/mol. The summed E-state index contributed by atoms with van der Waals surface area (Å²) in [6.07, 6.45) is 2.66. The number of benzene rings is 2. The molecule has 0 saturated heterocycles. The molecule has 0 aliphatic carbocycles. The first-order valence-corrected chi connectivity index (χ1v) is 8.98. The van der Waals surface area contributed by atoms with Crippen molar-refractivity contribution in [2.24, 2.45) is 0 Å². The maximum Gasteiger partial charge on any atom is 0.122 e. The van der Waals surface area contributed by atoms with Crippen molar-refractivity contribution in [2.75, 3.05) is 19.7 Å². The van der Waals surface area contributed by atoms with Gasteiger partial charge in [0.05, 0.1) is 19.3 Å². The summed E-state index contributed by atoms with van der Waals surface area (Å²) in [6, 6.07) is 16.2. The minimum atomic E-state index is -0.240. The van der Waals surface area contributed by atoms with E-state index in [9.17, 15) is 5.11 Å². The number of ether oxygens (including phenoxy) is 1. The summed E-state index contributed by atoms with van der Waals surface area (Å²) in [5, 5.41) is 12.1. The van der Waals surface area contributed by atoms with E-state index >= 15 is 0 Å². The average molecular weight is 349 g/mol. The summed E-state index contributed by atoms with van der Waals surface area (Å²) in [5.74, 6) is 0.913. The van der Waals surface area contributed by atoms with E-state index in [0.717, 1.165) is 48.7 Å². The van der Waals surface area contributed by atoms with Gasteiger partial charge in [0.25, 0.3) is 0 Å². The van der Waals surface area contributed by atoms with Gasteiger partial charge in [-0.15, -0.1) is 0 Å². The van der Waals surface area contributed by atoms with Crippen molar-refractivity contribution < 1.29 is 15.2 Å². The van der Waals surface area contributed by atoms with Crippen molar-refractivity contribution in [3.63, 3.8) is 0 Å². The number of quaternary nitrogens is 1. The first kappa shape index (κ1) is 18.8. The molecule has 0 heterocycles. The third kappa shape index (κ3) is 6.91. The van der Waals surface area contributed by atoms with E-state index in [1.165, 1.54) is 5.56 Å². The normalized spacial score (nSPS) is 12.1. The number of aliphatic hydroxyl groups is 1. The first-order valence-electron chi connectivity index (χ1n) is 8.60. The quantitative estimate of drug-likeness (QED) is 0.648. The molecule has 3 nitrogen and oxygen atoms in total. The Labute approximate surface area is 149 Å². The van der Waals surface area contributed by atoms with Crippen molar-refractivity contribution in [1.82, 2.24) is 0 Å².